The van der Waals surface area contributed by atoms with Gasteiger partial charge < -0.3 is 10.6 Å². The Balaban J connectivity index is 1.63. The maximum absolute atomic E-state index is 12.6. The van der Waals surface area contributed by atoms with E-state index in [-0.39, 0.29) is 11.8 Å². The molecule has 5 nitrogen and oxygen atoms in total. The quantitative estimate of drug-likeness (QED) is 0.808. The Kier molecular flexibility index (Phi) is 6.48. The molecule has 0 atom stereocenters. The highest BCUT2D eigenvalue weighted by molar-refractivity contribution is 6.30. The predicted molar refractivity (Wildman–Crippen MR) is 109 cm³/mol. The van der Waals surface area contributed by atoms with Crippen molar-refractivity contribution >= 4 is 34.8 Å². The van der Waals surface area contributed by atoms with Crippen LogP contribution < -0.4 is 10.6 Å². The lowest BCUT2D eigenvalue weighted by Gasteiger charge is -2.29. The average Bonchev–Trinajstić information content (AvgIpc) is 2.66. The number of anilines is 2. The van der Waals surface area contributed by atoms with Gasteiger partial charge >= 0.3 is 0 Å². The van der Waals surface area contributed by atoms with Gasteiger partial charge in [-0.2, -0.15) is 0 Å². The Bertz CT molecular complexity index is 799. The van der Waals surface area contributed by atoms with Crippen LogP contribution in [-0.4, -0.2) is 36.3 Å². The van der Waals surface area contributed by atoms with Crippen LogP contribution in [0.4, 0.5) is 11.4 Å². The minimum absolute atomic E-state index is 0.101. The number of piperidine rings is 1. The van der Waals surface area contributed by atoms with E-state index >= 15 is 0 Å². The van der Waals surface area contributed by atoms with Crippen molar-refractivity contribution in [3.8, 4) is 0 Å². The zero-order chi connectivity index (χ0) is 19.2. The molecular formula is C21H24ClN3O2. The molecule has 0 aromatic heterocycles. The SMILES string of the molecule is CC1CCN(CC(=O)Nc2ccccc2C(=O)Nc2ccc(Cl)cc2)CC1. The summed E-state index contributed by atoms with van der Waals surface area (Å²) in [5, 5.41) is 6.31. The fraction of sp³-hybridized carbons (Fsp3) is 0.333. The zero-order valence-corrected chi connectivity index (χ0v) is 16.1. The van der Waals surface area contributed by atoms with Crippen LogP contribution in [0.2, 0.25) is 5.02 Å². The van der Waals surface area contributed by atoms with Gasteiger partial charge in [0, 0.05) is 10.7 Å². The van der Waals surface area contributed by atoms with Gasteiger partial charge in [-0.05, 0) is 68.2 Å². The molecule has 2 amide bonds. The first-order valence-electron chi connectivity index (χ1n) is 9.19. The third-order valence-corrected chi connectivity index (χ3v) is 5.04. The second kappa shape index (κ2) is 9.02. The lowest BCUT2D eigenvalue weighted by Crippen LogP contribution is -2.38. The smallest absolute Gasteiger partial charge is 0.257 e. The molecule has 3 rings (SSSR count). The van der Waals surface area contributed by atoms with E-state index in [2.05, 4.69) is 22.5 Å². The lowest BCUT2D eigenvalue weighted by atomic mass is 9.99. The van der Waals surface area contributed by atoms with Crippen LogP contribution in [0.25, 0.3) is 0 Å². The van der Waals surface area contributed by atoms with Crippen LogP contribution >= 0.6 is 11.6 Å². The van der Waals surface area contributed by atoms with E-state index in [4.69, 9.17) is 11.6 Å². The standard InChI is InChI=1S/C21H24ClN3O2/c1-15-10-12-25(13-11-15)14-20(26)24-19-5-3-2-4-18(19)21(27)23-17-8-6-16(22)7-9-17/h2-9,15H,10-14H2,1H3,(H,23,27)(H,24,26). The van der Waals surface area contributed by atoms with Gasteiger partial charge in [0.1, 0.15) is 0 Å². The Hall–Kier alpha value is -2.37. The maximum Gasteiger partial charge on any atom is 0.257 e. The van der Waals surface area contributed by atoms with Gasteiger partial charge in [0.15, 0.2) is 0 Å². The summed E-state index contributed by atoms with van der Waals surface area (Å²) in [7, 11) is 0. The van der Waals surface area contributed by atoms with E-state index in [0.717, 1.165) is 31.8 Å². The molecule has 0 spiro atoms. The molecule has 1 aliphatic heterocycles. The van der Waals surface area contributed by atoms with Gasteiger partial charge in [0.05, 0.1) is 17.8 Å². The highest BCUT2D eigenvalue weighted by Crippen LogP contribution is 2.20. The predicted octanol–water partition coefficient (Wildman–Crippen LogP) is 4.26. The summed E-state index contributed by atoms with van der Waals surface area (Å²) in [6, 6.07) is 13.9. The lowest BCUT2D eigenvalue weighted by molar-refractivity contribution is -0.117. The number of nitrogens with one attached hydrogen (secondary N) is 2. The molecule has 1 heterocycles. The van der Waals surface area contributed by atoms with Crippen molar-refractivity contribution in [2.24, 2.45) is 5.92 Å². The van der Waals surface area contributed by atoms with Crippen LogP contribution in [0, 0.1) is 5.92 Å². The van der Waals surface area contributed by atoms with E-state index < -0.39 is 0 Å². The van der Waals surface area contributed by atoms with Gasteiger partial charge in [0.25, 0.3) is 5.91 Å². The Morgan fingerprint density at radius 2 is 1.70 bits per heavy atom. The van der Waals surface area contributed by atoms with Gasteiger partial charge in [-0.25, -0.2) is 0 Å². The molecule has 1 aliphatic rings. The zero-order valence-electron chi connectivity index (χ0n) is 15.4. The van der Waals surface area contributed by atoms with Gasteiger partial charge in [-0.3, -0.25) is 14.5 Å². The number of hydrogen-bond acceptors (Lipinski definition) is 3. The third-order valence-electron chi connectivity index (χ3n) is 4.79. The van der Waals surface area contributed by atoms with Crippen LogP contribution in [-0.2, 0) is 4.79 Å². The minimum atomic E-state index is -0.278. The van der Waals surface area contributed by atoms with Crippen molar-refractivity contribution < 1.29 is 9.59 Å². The van der Waals surface area contributed by atoms with Gasteiger partial charge in [-0.1, -0.05) is 30.7 Å². The molecule has 6 heteroatoms. The number of hydrogen-bond donors (Lipinski definition) is 2. The molecule has 0 aliphatic carbocycles. The second-order valence-electron chi connectivity index (χ2n) is 7.01. The van der Waals surface area contributed by atoms with E-state index in [0.29, 0.717) is 28.5 Å². The molecule has 142 valence electrons. The van der Waals surface area contributed by atoms with E-state index in [9.17, 15) is 9.59 Å². The van der Waals surface area contributed by atoms with Crippen LogP contribution in [0.5, 0.6) is 0 Å². The molecule has 0 radical (unpaired) electrons. The fourth-order valence-corrected chi connectivity index (χ4v) is 3.26. The summed E-state index contributed by atoms with van der Waals surface area (Å²) >= 11 is 5.87. The van der Waals surface area contributed by atoms with Crippen LogP contribution in [0.3, 0.4) is 0 Å². The summed E-state index contributed by atoms with van der Waals surface area (Å²) in [4.78, 5) is 27.2. The third kappa shape index (κ3) is 5.55. The number of carbonyl (C=O) groups is 2. The molecule has 0 unspecified atom stereocenters. The van der Waals surface area contributed by atoms with Crippen molar-refractivity contribution in [3.05, 3.63) is 59.1 Å². The van der Waals surface area contributed by atoms with Crippen molar-refractivity contribution in [1.82, 2.24) is 4.90 Å². The Labute approximate surface area is 164 Å². The first kappa shape index (κ1) is 19.4. The first-order chi connectivity index (χ1) is 13.0. The van der Waals surface area contributed by atoms with Gasteiger partial charge in [-0.15, -0.1) is 0 Å². The van der Waals surface area contributed by atoms with Crippen molar-refractivity contribution in [2.75, 3.05) is 30.3 Å². The number of halogens is 1. The minimum Gasteiger partial charge on any atom is -0.324 e. The van der Waals surface area contributed by atoms with Crippen molar-refractivity contribution in [3.63, 3.8) is 0 Å². The average molecular weight is 386 g/mol. The highest BCUT2D eigenvalue weighted by Gasteiger charge is 2.19. The molecule has 0 bridgehead atoms. The molecule has 1 fully saturated rings. The number of carbonyl (C=O) groups excluding carboxylic acids is 2. The second-order valence-corrected chi connectivity index (χ2v) is 7.45. The van der Waals surface area contributed by atoms with Crippen molar-refractivity contribution in [1.29, 1.82) is 0 Å². The molecule has 2 aromatic rings. The summed E-state index contributed by atoms with van der Waals surface area (Å²) in [5.74, 6) is 0.345. The monoisotopic (exact) mass is 385 g/mol. The molecule has 2 N–H and O–H groups in total. The Morgan fingerprint density at radius 1 is 1.04 bits per heavy atom. The number of benzene rings is 2. The molecule has 2 aromatic carbocycles. The van der Waals surface area contributed by atoms with E-state index in [1.54, 1.807) is 48.5 Å². The van der Waals surface area contributed by atoms with Crippen LogP contribution in [0.15, 0.2) is 48.5 Å². The summed E-state index contributed by atoms with van der Waals surface area (Å²) in [5.41, 5.74) is 1.58. The summed E-state index contributed by atoms with van der Waals surface area (Å²) < 4.78 is 0. The molecule has 1 saturated heterocycles. The summed E-state index contributed by atoms with van der Waals surface area (Å²) in [6.45, 7) is 4.47. The first-order valence-corrected chi connectivity index (χ1v) is 9.57. The number of rotatable bonds is 5. The maximum atomic E-state index is 12.6. The number of likely N-dealkylation sites (tertiary alicyclic amines) is 1. The van der Waals surface area contributed by atoms with Crippen LogP contribution in [0.1, 0.15) is 30.1 Å². The topological polar surface area (TPSA) is 61.4 Å². The molecule has 0 saturated carbocycles. The normalized spacial score (nSPS) is 15.3. The van der Waals surface area contributed by atoms with E-state index in [1.165, 1.54) is 0 Å². The highest BCUT2D eigenvalue weighted by atomic mass is 35.5. The number of para-hydroxylation sites is 1. The molecule has 27 heavy (non-hydrogen) atoms. The van der Waals surface area contributed by atoms with Crippen molar-refractivity contribution in [2.45, 2.75) is 19.8 Å². The van der Waals surface area contributed by atoms with E-state index in [1.807, 2.05) is 0 Å². The Morgan fingerprint density at radius 3 is 2.41 bits per heavy atom. The number of amides is 2. The largest absolute Gasteiger partial charge is 0.324 e. The fourth-order valence-electron chi connectivity index (χ4n) is 3.13. The molecular weight excluding hydrogens is 362 g/mol. The van der Waals surface area contributed by atoms with Gasteiger partial charge in [0.2, 0.25) is 5.91 Å². The summed E-state index contributed by atoms with van der Waals surface area (Å²) in [6.07, 6.45) is 2.24. The number of nitrogens with zero attached hydrogens (tertiary/aromatic N) is 1.